The van der Waals surface area contributed by atoms with Crippen LogP contribution in [0.5, 0.6) is 0 Å². The van der Waals surface area contributed by atoms with Gasteiger partial charge in [0, 0.05) is 0 Å². The van der Waals surface area contributed by atoms with Gasteiger partial charge in [-0.15, -0.1) is 0 Å². The summed E-state index contributed by atoms with van der Waals surface area (Å²) >= 11 is 0. The molecule has 0 saturated heterocycles. The van der Waals surface area contributed by atoms with Crippen molar-refractivity contribution in [3.63, 3.8) is 0 Å². The van der Waals surface area contributed by atoms with Gasteiger partial charge in [0.1, 0.15) is 0 Å². The fraction of sp³-hybridized carbons (Fsp3) is 1.00. The molecule has 4 rings (SSSR count). The van der Waals surface area contributed by atoms with Gasteiger partial charge in [0.2, 0.25) is 0 Å². The monoisotopic (exact) mass is 689 g/mol. The van der Waals surface area contributed by atoms with Crippen LogP contribution in [0.3, 0.4) is 0 Å². The molecule has 0 spiro atoms. The summed E-state index contributed by atoms with van der Waals surface area (Å²) in [5.74, 6) is 8.77. The Morgan fingerprint density at radius 2 is 0.408 bits per heavy atom. The first-order valence-corrected chi connectivity index (χ1v) is 23.4. The number of unbranched alkanes of at least 4 members (excludes halogenated alkanes) is 20. The zero-order valence-corrected chi connectivity index (χ0v) is 35.2. The Balaban J connectivity index is 0.000000623. The molecule has 0 nitrogen and oxygen atoms in total. The normalized spacial score (nSPS) is 26.9. The van der Waals surface area contributed by atoms with Crippen molar-refractivity contribution in [1.29, 1.82) is 0 Å². The Morgan fingerprint density at radius 3 is 0.551 bits per heavy atom. The molecule has 0 aromatic carbocycles. The van der Waals surface area contributed by atoms with Gasteiger partial charge in [-0.1, -0.05) is 243 Å². The number of hydrogen-bond donors (Lipinski definition) is 0. The summed E-state index contributed by atoms with van der Waals surface area (Å²) in [6.45, 7) is 18.7. The van der Waals surface area contributed by atoms with Crippen molar-refractivity contribution < 1.29 is 0 Å². The van der Waals surface area contributed by atoms with E-state index in [4.69, 9.17) is 0 Å². The lowest BCUT2D eigenvalue weighted by Crippen LogP contribution is -1.82. The van der Waals surface area contributed by atoms with Crippen molar-refractivity contribution >= 4 is 0 Å². The van der Waals surface area contributed by atoms with Crippen LogP contribution in [-0.4, -0.2) is 0 Å². The molecule has 0 heteroatoms. The fourth-order valence-corrected chi connectivity index (χ4v) is 7.95. The largest absolute Gasteiger partial charge is 0.0776 e. The first kappa shape index (κ1) is 49.0. The topological polar surface area (TPSA) is 0 Å². The summed E-state index contributed by atoms with van der Waals surface area (Å²) in [7, 11) is 0. The van der Waals surface area contributed by atoms with Crippen LogP contribution in [0.4, 0.5) is 0 Å². The second-order valence-corrected chi connectivity index (χ2v) is 18.1. The van der Waals surface area contributed by atoms with E-state index in [0.29, 0.717) is 0 Å². The summed E-state index contributed by atoms with van der Waals surface area (Å²) < 4.78 is 0. The molecule has 4 aliphatic carbocycles. The predicted molar refractivity (Wildman–Crippen MR) is 228 cm³/mol. The van der Waals surface area contributed by atoms with Gasteiger partial charge in [-0.25, -0.2) is 0 Å². The molecule has 49 heavy (non-hydrogen) atoms. The smallest absolute Gasteiger partial charge is 0.0386 e. The minimum atomic E-state index is 0. The van der Waals surface area contributed by atoms with E-state index in [0.717, 1.165) is 47.3 Å². The van der Waals surface area contributed by atoms with E-state index in [1.165, 1.54) is 205 Å². The lowest BCUT2D eigenvalue weighted by molar-refractivity contribution is 0.555. The second-order valence-electron chi connectivity index (χ2n) is 18.1. The van der Waals surface area contributed by atoms with Gasteiger partial charge >= 0.3 is 0 Å². The first-order chi connectivity index (χ1) is 23.4. The van der Waals surface area contributed by atoms with Crippen LogP contribution in [0, 0.1) is 47.3 Å². The molecule has 4 fully saturated rings. The van der Waals surface area contributed by atoms with Gasteiger partial charge in [0.05, 0.1) is 0 Å². The minimum absolute atomic E-state index is 0. The van der Waals surface area contributed by atoms with Crippen molar-refractivity contribution in [2.75, 3.05) is 0 Å². The molecule has 0 radical (unpaired) electrons. The SMILES string of the molecule is C.CCCCCCCC[C@@H]1C[C@@H]1C.CCCCCCCC[C@@H]1C[C@H]1C.CCCCCCCC[C@H]1C[C@@H]1C.CCCCCCCC[C@H]1C[C@H]1C. The maximum absolute atomic E-state index is 2.39. The van der Waals surface area contributed by atoms with Crippen molar-refractivity contribution in [2.24, 2.45) is 47.3 Å². The molecule has 0 aliphatic heterocycles. The molecule has 0 N–H and O–H groups in total. The molecular weight excluding hydrogens is 589 g/mol. The highest BCUT2D eigenvalue weighted by Crippen LogP contribution is 2.43. The quantitative estimate of drug-likeness (QED) is 0.0718. The molecule has 4 saturated carbocycles. The predicted octanol–water partition coefficient (Wildman–Crippen LogP) is 18.2. The molecule has 296 valence electrons. The van der Waals surface area contributed by atoms with E-state index < -0.39 is 0 Å². The zero-order chi connectivity index (χ0) is 35.2. The van der Waals surface area contributed by atoms with E-state index >= 15 is 0 Å². The van der Waals surface area contributed by atoms with Crippen LogP contribution in [-0.2, 0) is 0 Å². The Kier molecular flexibility index (Phi) is 33.8. The Hall–Kier alpha value is 0. The highest BCUT2D eigenvalue weighted by molar-refractivity contribution is 4.83. The summed E-state index contributed by atoms with van der Waals surface area (Å²) in [5.41, 5.74) is 0. The third-order valence-corrected chi connectivity index (χ3v) is 12.8. The average molecular weight is 689 g/mol. The van der Waals surface area contributed by atoms with Crippen molar-refractivity contribution in [1.82, 2.24) is 0 Å². The molecule has 0 unspecified atom stereocenters. The zero-order valence-electron chi connectivity index (χ0n) is 35.2. The molecule has 0 aromatic rings. The van der Waals surface area contributed by atoms with Gasteiger partial charge in [-0.05, 0) is 73.0 Å². The molecule has 0 heterocycles. The maximum Gasteiger partial charge on any atom is -0.0386 e. The van der Waals surface area contributed by atoms with Crippen molar-refractivity contribution in [2.45, 2.75) is 268 Å². The third kappa shape index (κ3) is 32.4. The Labute approximate surface area is 314 Å². The number of hydrogen-bond acceptors (Lipinski definition) is 0. The van der Waals surface area contributed by atoms with Crippen LogP contribution in [0.2, 0.25) is 0 Å². The van der Waals surface area contributed by atoms with Gasteiger partial charge in [-0.2, -0.15) is 0 Å². The van der Waals surface area contributed by atoms with E-state index in [2.05, 4.69) is 55.4 Å². The molecule has 0 bridgehead atoms. The highest BCUT2D eigenvalue weighted by atomic mass is 14.4. The van der Waals surface area contributed by atoms with Gasteiger partial charge in [-0.3, -0.25) is 0 Å². The van der Waals surface area contributed by atoms with Gasteiger partial charge in [0.25, 0.3) is 0 Å². The van der Waals surface area contributed by atoms with Crippen molar-refractivity contribution in [3.8, 4) is 0 Å². The standard InChI is InChI=1S/4C12H24.CH4/c4*1-3-4-5-6-7-8-9-12-10-11(12)2;/h4*11-12H,3-10H2,1-2H3;1H4/t2*11-,12+;2*11-,12-;/m1010./s1. The van der Waals surface area contributed by atoms with Crippen LogP contribution >= 0.6 is 0 Å². The lowest BCUT2D eigenvalue weighted by atomic mass is 10.1. The average Bonchev–Trinajstić information content (AvgIpc) is 3.99. The maximum atomic E-state index is 2.39. The fourth-order valence-electron chi connectivity index (χ4n) is 7.95. The van der Waals surface area contributed by atoms with E-state index in [1.807, 2.05) is 0 Å². The lowest BCUT2D eigenvalue weighted by Gasteiger charge is -1.99. The van der Waals surface area contributed by atoms with Crippen molar-refractivity contribution in [3.05, 3.63) is 0 Å². The van der Waals surface area contributed by atoms with Crippen LogP contribution < -0.4 is 0 Å². The minimum Gasteiger partial charge on any atom is -0.0776 e. The Morgan fingerprint density at radius 1 is 0.265 bits per heavy atom. The van der Waals surface area contributed by atoms with E-state index in [9.17, 15) is 0 Å². The van der Waals surface area contributed by atoms with E-state index in [1.54, 1.807) is 0 Å². The number of rotatable bonds is 28. The molecule has 4 aliphatic rings. The molecular formula is C49H100. The summed E-state index contributed by atoms with van der Waals surface area (Å²) in [6, 6.07) is 0. The molecule has 0 amide bonds. The van der Waals surface area contributed by atoms with E-state index in [-0.39, 0.29) is 7.43 Å². The van der Waals surface area contributed by atoms with Gasteiger partial charge < -0.3 is 0 Å². The second kappa shape index (κ2) is 33.8. The first-order valence-electron chi connectivity index (χ1n) is 23.4. The summed E-state index contributed by atoms with van der Waals surface area (Å²) in [4.78, 5) is 0. The van der Waals surface area contributed by atoms with Crippen LogP contribution in [0.25, 0.3) is 0 Å². The Bertz CT molecular complexity index is 538. The van der Waals surface area contributed by atoms with Crippen LogP contribution in [0.15, 0.2) is 0 Å². The molecule has 8 atom stereocenters. The third-order valence-electron chi connectivity index (χ3n) is 12.8. The van der Waals surface area contributed by atoms with Crippen LogP contribution in [0.1, 0.15) is 268 Å². The summed E-state index contributed by atoms with van der Waals surface area (Å²) in [6.07, 6.45) is 47.2. The highest BCUT2D eigenvalue weighted by Gasteiger charge is 2.32. The van der Waals surface area contributed by atoms with Gasteiger partial charge in [0.15, 0.2) is 0 Å². The summed E-state index contributed by atoms with van der Waals surface area (Å²) in [5, 5.41) is 0. The molecule has 0 aromatic heterocycles.